The van der Waals surface area contributed by atoms with Gasteiger partial charge in [-0.25, -0.2) is 0 Å². The number of Topliss-reactive ketones (excluding diaryl/α,β-unsaturated/α-hetero) is 1. The van der Waals surface area contributed by atoms with Gasteiger partial charge in [0.25, 0.3) is 0 Å². The van der Waals surface area contributed by atoms with Gasteiger partial charge in [0.05, 0.1) is 5.56 Å². The molecule has 0 N–H and O–H groups in total. The van der Waals surface area contributed by atoms with E-state index in [-0.39, 0.29) is 5.78 Å². The molecular formula is C10H12O2. The molecule has 0 aromatic carbocycles. The summed E-state index contributed by atoms with van der Waals surface area (Å²) in [7, 11) is 0. The fourth-order valence-corrected chi connectivity index (χ4v) is 1.62. The Balaban J connectivity index is 2.43. The van der Waals surface area contributed by atoms with E-state index in [1.807, 2.05) is 13.0 Å². The lowest BCUT2D eigenvalue weighted by Crippen LogP contribution is -2.07. The second-order valence-corrected chi connectivity index (χ2v) is 3.18. The molecule has 0 saturated carbocycles. The maximum Gasteiger partial charge on any atom is 0.166 e. The van der Waals surface area contributed by atoms with Crippen molar-refractivity contribution in [3.05, 3.63) is 23.2 Å². The molecule has 1 aliphatic carbocycles. The lowest BCUT2D eigenvalue weighted by atomic mass is 9.97. The zero-order chi connectivity index (χ0) is 8.55. The molecule has 1 aromatic rings. The van der Waals surface area contributed by atoms with Crippen LogP contribution in [0.2, 0.25) is 0 Å². The smallest absolute Gasteiger partial charge is 0.166 e. The number of hydrogen-bond donors (Lipinski definition) is 0. The first kappa shape index (κ1) is 7.59. The first-order valence-corrected chi connectivity index (χ1v) is 4.46. The predicted octanol–water partition coefficient (Wildman–Crippen LogP) is 2.36. The minimum absolute atomic E-state index is 0.250. The number of hydrogen-bond acceptors (Lipinski definition) is 2. The number of fused-ring (bicyclic) bond motifs is 1. The minimum Gasteiger partial charge on any atom is -0.465 e. The van der Waals surface area contributed by atoms with Crippen LogP contribution in [0.3, 0.4) is 0 Å². The van der Waals surface area contributed by atoms with Crippen LogP contribution in [0, 0.1) is 0 Å². The highest BCUT2D eigenvalue weighted by Crippen LogP contribution is 2.24. The highest BCUT2D eigenvalue weighted by Gasteiger charge is 2.21. The van der Waals surface area contributed by atoms with Crippen LogP contribution in [0.4, 0.5) is 0 Å². The third-order valence-corrected chi connectivity index (χ3v) is 2.32. The Kier molecular flexibility index (Phi) is 1.75. The Morgan fingerprint density at radius 1 is 1.50 bits per heavy atom. The van der Waals surface area contributed by atoms with Crippen molar-refractivity contribution in [2.24, 2.45) is 0 Å². The highest BCUT2D eigenvalue weighted by molar-refractivity contribution is 5.98. The summed E-state index contributed by atoms with van der Waals surface area (Å²) in [5, 5.41) is 0. The van der Waals surface area contributed by atoms with Crippen LogP contribution >= 0.6 is 0 Å². The van der Waals surface area contributed by atoms with Gasteiger partial charge in [0.1, 0.15) is 11.5 Å². The summed E-state index contributed by atoms with van der Waals surface area (Å²) >= 11 is 0. The Morgan fingerprint density at radius 2 is 2.33 bits per heavy atom. The summed E-state index contributed by atoms with van der Waals surface area (Å²) in [5.41, 5.74) is 0.832. The standard InChI is InChI=1S/C10H12O2/c1-2-7-6-8-9(11)4-3-5-10(8)12-7/h6H,2-5H2,1H3. The van der Waals surface area contributed by atoms with Crippen molar-refractivity contribution in [3.63, 3.8) is 0 Å². The molecule has 2 rings (SSSR count). The van der Waals surface area contributed by atoms with Gasteiger partial charge in [-0.1, -0.05) is 6.92 Å². The van der Waals surface area contributed by atoms with E-state index in [4.69, 9.17) is 4.42 Å². The number of ketones is 1. The minimum atomic E-state index is 0.250. The van der Waals surface area contributed by atoms with Crippen molar-refractivity contribution in [2.75, 3.05) is 0 Å². The molecule has 2 heteroatoms. The van der Waals surface area contributed by atoms with E-state index in [1.54, 1.807) is 0 Å². The number of carbonyl (C=O) groups excluding carboxylic acids is 1. The van der Waals surface area contributed by atoms with Gasteiger partial charge >= 0.3 is 0 Å². The molecule has 0 amide bonds. The molecule has 1 aliphatic rings. The molecular weight excluding hydrogens is 152 g/mol. The topological polar surface area (TPSA) is 30.2 Å². The number of furan rings is 1. The summed E-state index contributed by atoms with van der Waals surface area (Å²) in [6, 6.07) is 1.90. The molecule has 0 atom stereocenters. The monoisotopic (exact) mass is 164 g/mol. The van der Waals surface area contributed by atoms with Crippen molar-refractivity contribution in [1.29, 1.82) is 0 Å². The molecule has 0 saturated heterocycles. The van der Waals surface area contributed by atoms with Crippen LogP contribution in [0.25, 0.3) is 0 Å². The molecule has 12 heavy (non-hydrogen) atoms. The van der Waals surface area contributed by atoms with Gasteiger partial charge in [-0.2, -0.15) is 0 Å². The molecule has 64 valence electrons. The molecule has 0 fully saturated rings. The summed E-state index contributed by atoms with van der Waals surface area (Å²) < 4.78 is 5.50. The molecule has 1 heterocycles. The number of aryl methyl sites for hydroxylation is 2. The van der Waals surface area contributed by atoms with Gasteiger partial charge < -0.3 is 4.42 Å². The van der Waals surface area contributed by atoms with Crippen molar-refractivity contribution in [2.45, 2.75) is 32.6 Å². The van der Waals surface area contributed by atoms with E-state index >= 15 is 0 Å². The quantitative estimate of drug-likeness (QED) is 0.637. The third-order valence-electron chi connectivity index (χ3n) is 2.32. The van der Waals surface area contributed by atoms with Crippen molar-refractivity contribution < 1.29 is 9.21 Å². The predicted molar refractivity (Wildman–Crippen MR) is 45.4 cm³/mol. The van der Waals surface area contributed by atoms with Crippen LogP contribution in [0.5, 0.6) is 0 Å². The van der Waals surface area contributed by atoms with Crippen LogP contribution in [0.1, 0.15) is 41.6 Å². The van der Waals surface area contributed by atoms with E-state index in [2.05, 4.69) is 0 Å². The number of rotatable bonds is 1. The highest BCUT2D eigenvalue weighted by atomic mass is 16.3. The molecule has 0 aliphatic heterocycles. The van der Waals surface area contributed by atoms with Gasteiger partial charge in [0.15, 0.2) is 5.78 Å². The van der Waals surface area contributed by atoms with Crippen molar-refractivity contribution in [1.82, 2.24) is 0 Å². The van der Waals surface area contributed by atoms with Gasteiger partial charge in [-0.15, -0.1) is 0 Å². The van der Waals surface area contributed by atoms with Crippen LogP contribution in [0.15, 0.2) is 10.5 Å². The summed E-state index contributed by atoms with van der Waals surface area (Å²) in [4.78, 5) is 11.4. The summed E-state index contributed by atoms with van der Waals surface area (Å²) in [6.07, 6.45) is 3.44. The molecule has 0 spiro atoms. The summed E-state index contributed by atoms with van der Waals surface area (Å²) in [6.45, 7) is 2.04. The Morgan fingerprint density at radius 3 is 3.00 bits per heavy atom. The van der Waals surface area contributed by atoms with E-state index < -0.39 is 0 Å². The van der Waals surface area contributed by atoms with E-state index in [0.717, 1.165) is 36.3 Å². The Bertz CT molecular complexity index is 310. The van der Waals surface area contributed by atoms with Gasteiger partial charge in [-0.05, 0) is 12.5 Å². The van der Waals surface area contributed by atoms with E-state index in [9.17, 15) is 4.79 Å². The normalized spacial score (nSPS) is 16.2. The van der Waals surface area contributed by atoms with Crippen LogP contribution in [-0.2, 0) is 12.8 Å². The third kappa shape index (κ3) is 1.07. The largest absolute Gasteiger partial charge is 0.465 e. The molecule has 2 nitrogen and oxygen atoms in total. The fourth-order valence-electron chi connectivity index (χ4n) is 1.62. The fraction of sp³-hybridized carbons (Fsp3) is 0.500. The average Bonchev–Trinajstić information content (AvgIpc) is 2.49. The SMILES string of the molecule is CCc1cc2c(o1)CCCC2=O. The second-order valence-electron chi connectivity index (χ2n) is 3.18. The lowest BCUT2D eigenvalue weighted by molar-refractivity contribution is 0.0969. The maximum atomic E-state index is 11.4. The van der Waals surface area contributed by atoms with Crippen molar-refractivity contribution >= 4 is 5.78 Å². The zero-order valence-corrected chi connectivity index (χ0v) is 7.22. The second kappa shape index (κ2) is 2.77. The lowest BCUT2D eigenvalue weighted by Gasteiger charge is -2.06. The van der Waals surface area contributed by atoms with Crippen LogP contribution in [-0.4, -0.2) is 5.78 Å². The van der Waals surface area contributed by atoms with E-state index in [0.29, 0.717) is 6.42 Å². The first-order chi connectivity index (χ1) is 5.81. The van der Waals surface area contributed by atoms with Crippen molar-refractivity contribution in [3.8, 4) is 0 Å². The van der Waals surface area contributed by atoms with Gasteiger partial charge in [0, 0.05) is 19.3 Å². The van der Waals surface area contributed by atoms with Gasteiger partial charge in [0.2, 0.25) is 0 Å². The molecule has 1 aromatic heterocycles. The van der Waals surface area contributed by atoms with Gasteiger partial charge in [-0.3, -0.25) is 4.79 Å². The Hall–Kier alpha value is -1.05. The first-order valence-electron chi connectivity index (χ1n) is 4.46. The Labute approximate surface area is 71.6 Å². The van der Waals surface area contributed by atoms with Crippen LogP contribution < -0.4 is 0 Å². The zero-order valence-electron chi connectivity index (χ0n) is 7.22. The number of carbonyl (C=O) groups is 1. The average molecular weight is 164 g/mol. The molecule has 0 bridgehead atoms. The summed E-state index contributed by atoms with van der Waals surface area (Å²) in [5.74, 6) is 2.10. The van der Waals surface area contributed by atoms with E-state index in [1.165, 1.54) is 0 Å². The molecule has 0 radical (unpaired) electrons. The maximum absolute atomic E-state index is 11.4. The molecule has 0 unspecified atom stereocenters.